The number of fused-ring (bicyclic) bond motifs is 1. The minimum Gasteiger partial charge on any atom is -0.368 e. The molecule has 5 nitrogen and oxygen atoms in total. The minimum atomic E-state index is 0.0536. The molecule has 1 aromatic heterocycles. The maximum atomic E-state index is 11.9. The molecule has 2 aliphatic heterocycles. The molecule has 3 heterocycles. The van der Waals surface area contributed by atoms with Gasteiger partial charge in [0.05, 0.1) is 6.10 Å². The number of hydrogen-bond acceptors (Lipinski definition) is 5. The van der Waals surface area contributed by atoms with Gasteiger partial charge in [-0.3, -0.25) is 9.69 Å². The second-order valence-electron chi connectivity index (χ2n) is 7.06. The van der Waals surface area contributed by atoms with Crippen LogP contribution in [-0.2, 0) is 16.1 Å². The Hall–Kier alpha value is -0.950. The Morgan fingerprint density at radius 1 is 1.42 bits per heavy atom. The van der Waals surface area contributed by atoms with Gasteiger partial charge in [-0.2, -0.15) is 0 Å². The van der Waals surface area contributed by atoms with E-state index in [2.05, 4.69) is 34.2 Å². The SMILES string of the molecule is CCN1C[C@@H]2[C@@H](OCC(=O)N(C)C)CCN(Cc3cccs3)[C@@H]2C1. The smallest absolute Gasteiger partial charge is 0.248 e. The molecule has 0 unspecified atom stereocenters. The van der Waals surface area contributed by atoms with E-state index in [1.165, 1.54) is 4.88 Å². The van der Waals surface area contributed by atoms with Crippen LogP contribution in [0.1, 0.15) is 18.2 Å². The molecule has 0 saturated carbocycles. The van der Waals surface area contributed by atoms with E-state index in [0.717, 1.165) is 39.1 Å². The van der Waals surface area contributed by atoms with E-state index in [0.29, 0.717) is 12.0 Å². The number of ether oxygens (including phenoxy) is 1. The van der Waals surface area contributed by atoms with Gasteiger partial charge in [-0.1, -0.05) is 13.0 Å². The van der Waals surface area contributed by atoms with Gasteiger partial charge in [0.2, 0.25) is 5.91 Å². The third-order valence-electron chi connectivity index (χ3n) is 5.36. The first-order valence-electron chi connectivity index (χ1n) is 8.89. The summed E-state index contributed by atoms with van der Waals surface area (Å²) in [4.78, 5) is 20.0. The molecule has 0 aromatic carbocycles. The average Bonchev–Trinajstić information content (AvgIpc) is 3.22. The van der Waals surface area contributed by atoms with Gasteiger partial charge in [-0.05, 0) is 24.4 Å². The molecule has 1 aromatic rings. The Balaban J connectivity index is 1.64. The van der Waals surface area contributed by atoms with Crippen molar-refractivity contribution in [3.63, 3.8) is 0 Å². The molecule has 3 atom stereocenters. The van der Waals surface area contributed by atoms with Gasteiger partial charge in [0.25, 0.3) is 0 Å². The van der Waals surface area contributed by atoms with Crippen molar-refractivity contribution in [2.75, 3.05) is 46.9 Å². The highest BCUT2D eigenvalue weighted by atomic mass is 32.1. The van der Waals surface area contributed by atoms with E-state index in [1.807, 2.05) is 11.3 Å². The lowest BCUT2D eigenvalue weighted by Gasteiger charge is -2.41. The van der Waals surface area contributed by atoms with Crippen molar-refractivity contribution in [3.05, 3.63) is 22.4 Å². The number of hydrogen-bond donors (Lipinski definition) is 0. The van der Waals surface area contributed by atoms with Gasteiger partial charge >= 0.3 is 0 Å². The van der Waals surface area contributed by atoms with E-state index in [4.69, 9.17) is 4.74 Å². The zero-order valence-corrected chi connectivity index (χ0v) is 15.8. The molecule has 0 radical (unpaired) electrons. The fourth-order valence-corrected chi connectivity index (χ4v) is 4.62. The topological polar surface area (TPSA) is 36.0 Å². The molecule has 2 aliphatic rings. The van der Waals surface area contributed by atoms with E-state index in [9.17, 15) is 4.79 Å². The second-order valence-corrected chi connectivity index (χ2v) is 8.09. The molecule has 24 heavy (non-hydrogen) atoms. The van der Waals surface area contributed by atoms with Gasteiger partial charge in [-0.25, -0.2) is 0 Å². The van der Waals surface area contributed by atoms with Crippen LogP contribution in [0.4, 0.5) is 0 Å². The summed E-state index contributed by atoms with van der Waals surface area (Å²) < 4.78 is 6.05. The number of amides is 1. The summed E-state index contributed by atoms with van der Waals surface area (Å²) >= 11 is 1.84. The number of rotatable bonds is 6. The fraction of sp³-hybridized carbons (Fsp3) is 0.722. The molecule has 3 rings (SSSR count). The van der Waals surface area contributed by atoms with Crippen LogP contribution in [-0.4, -0.2) is 79.6 Å². The molecule has 134 valence electrons. The molecule has 0 N–H and O–H groups in total. The second kappa shape index (κ2) is 7.95. The Morgan fingerprint density at radius 3 is 2.92 bits per heavy atom. The molecular weight excluding hydrogens is 322 g/mol. The predicted molar refractivity (Wildman–Crippen MR) is 97.2 cm³/mol. The normalized spacial score (nSPS) is 28.0. The van der Waals surface area contributed by atoms with Crippen LogP contribution in [0.2, 0.25) is 0 Å². The molecule has 6 heteroatoms. The zero-order chi connectivity index (χ0) is 17.1. The summed E-state index contributed by atoms with van der Waals surface area (Å²) in [5.74, 6) is 0.562. The van der Waals surface area contributed by atoms with Crippen molar-refractivity contribution in [2.45, 2.75) is 32.0 Å². The van der Waals surface area contributed by atoms with Gasteiger partial charge in [0.1, 0.15) is 6.61 Å². The van der Waals surface area contributed by atoms with Crippen molar-refractivity contribution < 1.29 is 9.53 Å². The Bertz CT molecular complexity index is 534. The monoisotopic (exact) mass is 351 g/mol. The standard InChI is InChI=1S/C18H29N3O2S/c1-4-20-11-15-16(12-20)21(10-14-6-5-9-24-14)8-7-17(15)23-13-18(22)19(2)3/h5-6,9,15-17H,4,7-8,10-13H2,1-3H3/t15-,16+,17-/m0/s1. The molecule has 0 bridgehead atoms. The highest BCUT2D eigenvalue weighted by Gasteiger charge is 2.44. The number of piperidine rings is 1. The number of carbonyl (C=O) groups is 1. The number of likely N-dealkylation sites (N-methyl/N-ethyl adjacent to an activating group) is 2. The van der Waals surface area contributed by atoms with Crippen molar-refractivity contribution in [1.29, 1.82) is 0 Å². The minimum absolute atomic E-state index is 0.0536. The molecule has 0 spiro atoms. The Kier molecular flexibility index (Phi) is 5.92. The fourth-order valence-electron chi connectivity index (χ4n) is 3.89. The molecule has 2 saturated heterocycles. The van der Waals surface area contributed by atoms with Gasteiger partial charge in [0.15, 0.2) is 0 Å². The molecule has 2 fully saturated rings. The zero-order valence-electron chi connectivity index (χ0n) is 15.0. The summed E-state index contributed by atoms with van der Waals surface area (Å²) in [6, 6.07) is 4.90. The Morgan fingerprint density at radius 2 is 2.25 bits per heavy atom. The highest BCUT2D eigenvalue weighted by molar-refractivity contribution is 7.09. The first kappa shape index (κ1) is 17.9. The summed E-state index contributed by atoms with van der Waals surface area (Å²) in [6.45, 7) is 7.82. The number of carbonyl (C=O) groups excluding carboxylic acids is 1. The number of nitrogens with zero attached hydrogens (tertiary/aromatic N) is 3. The van der Waals surface area contributed by atoms with Crippen LogP contribution in [0.15, 0.2) is 17.5 Å². The third-order valence-corrected chi connectivity index (χ3v) is 6.22. The quantitative estimate of drug-likeness (QED) is 0.782. The van der Waals surface area contributed by atoms with Crippen molar-refractivity contribution >= 4 is 17.2 Å². The van der Waals surface area contributed by atoms with Crippen molar-refractivity contribution in [3.8, 4) is 0 Å². The lowest BCUT2D eigenvalue weighted by molar-refractivity contribution is -0.139. The largest absolute Gasteiger partial charge is 0.368 e. The molecule has 0 aliphatic carbocycles. The van der Waals surface area contributed by atoms with Crippen LogP contribution in [0.25, 0.3) is 0 Å². The van der Waals surface area contributed by atoms with Gasteiger partial charge in [-0.15, -0.1) is 11.3 Å². The average molecular weight is 352 g/mol. The first-order valence-corrected chi connectivity index (χ1v) is 9.77. The first-order chi connectivity index (χ1) is 11.6. The van der Waals surface area contributed by atoms with Crippen molar-refractivity contribution in [2.24, 2.45) is 5.92 Å². The van der Waals surface area contributed by atoms with Gasteiger partial charge in [0, 0.05) is 57.1 Å². The van der Waals surface area contributed by atoms with Crippen LogP contribution in [0.5, 0.6) is 0 Å². The maximum Gasteiger partial charge on any atom is 0.248 e. The van der Waals surface area contributed by atoms with Gasteiger partial charge < -0.3 is 14.5 Å². The van der Waals surface area contributed by atoms with Crippen LogP contribution in [0.3, 0.4) is 0 Å². The maximum absolute atomic E-state index is 11.9. The summed E-state index contributed by atoms with van der Waals surface area (Å²) in [5.41, 5.74) is 0. The Labute approximate surface area is 149 Å². The van der Waals surface area contributed by atoms with E-state index in [1.54, 1.807) is 19.0 Å². The molecule has 1 amide bonds. The third kappa shape index (κ3) is 3.99. The number of thiophene rings is 1. The van der Waals surface area contributed by atoms with Crippen LogP contribution in [0, 0.1) is 5.92 Å². The summed E-state index contributed by atoms with van der Waals surface area (Å²) in [7, 11) is 3.57. The lowest BCUT2D eigenvalue weighted by atomic mass is 9.89. The van der Waals surface area contributed by atoms with E-state index in [-0.39, 0.29) is 18.6 Å². The number of likely N-dealkylation sites (tertiary alicyclic amines) is 2. The highest BCUT2D eigenvalue weighted by Crippen LogP contribution is 2.34. The predicted octanol–water partition coefficient (Wildman–Crippen LogP) is 1.75. The van der Waals surface area contributed by atoms with E-state index >= 15 is 0 Å². The summed E-state index contributed by atoms with van der Waals surface area (Å²) in [5, 5.41) is 2.16. The van der Waals surface area contributed by atoms with Crippen molar-refractivity contribution in [1.82, 2.24) is 14.7 Å². The molecular formula is C18H29N3O2S. The summed E-state index contributed by atoms with van der Waals surface area (Å²) in [6.07, 6.45) is 1.22. The van der Waals surface area contributed by atoms with Crippen LogP contribution >= 0.6 is 11.3 Å². The lowest BCUT2D eigenvalue weighted by Crippen LogP contribution is -2.51. The van der Waals surface area contributed by atoms with Crippen LogP contribution < -0.4 is 0 Å². The van der Waals surface area contributed by atoms with E-state index < -0.39 is 0 Å².